The molecule has 3 aromatic heterocycles. The molecule has 0 aliphatic heterocycles. The molecule has 0 unspecified atom stereocenters. The molecule has 0 aliphatic rings. The fraction of sp³-hybridized carbons (Fsp3) is 0.115. The number of esters is 1. The number of carbonyl (C=O) groups excluding carboxylic acids is 1. The minimum Gasteiger partial charge on any atom is -0.465 e. The van der Waals surface area contributed by atoms with E-state index in [0.717, 1.165) is 22.8 Å². The van der Waals surface area contributed by atoms with Crippen molar-refractivity contribution in [2.24, 2.45) is 0 Å². The highest BCUT2D eigenvalue weighted by atomic mass is 16.5. The predicted octanol–water partition coefficient (Wildman–Crippen LogP) is 5.63. The average molecular weight is 439 g/mol. The van der Waals surface area contributed by atoms with Crippen LogP contribution < -0.4 is 4.74 Å². The molecular weight excluding hydrogens is 418 g/mol. The largest absolute Gasteiger partial charge is 0.465 e. The zero-order valence-corrected chi connectivity index (χ0v) is 18.2. The first kappa shape index (κ1) is 20.5. The molecule has 0 radical (unpaired) electrons. The van der Waals surface area contributed by atoms with Crippen molar-refractivity contribution in [3.8, 4) is 23.0 Å². The number of para-hydroxylation sites is 1. The van der Waals surface area contributed by atoms with Crippen LogP contribution in [0.3, 0.4) is 0 Å². The molecule has 33 heavy (non-hydrogen) atoms. The fourth-order valence-electron chi connectivity index (χ4n) is 3.76. The van der Waals surface area contributed by atoms with Crippen LogP contribution in [0.15, 0.2) is 83.5 Å². The Hall–Kier alpha value is -4.39. The van der Waals surface area contributed by atoms with Gasteiger partial charge in [0, 0.05) is 5.69 Å². The van der Waals surface area contributed by atoms with E-state index < -0.39 is 5.97 Å². The molecule has 0 fully saturated rings. The minimum atomic E-state index is -0.448. The number of pyridine rings is 1. The van der Waals surface area contributed by atoms with Crippen LogP contribution in [-0.4, -0.2) is 27.8 Å². The summed E-state index contributed by atoms with van der Waals surface area (Å²) in [6.45, 7) is 2.41. The number of fused-ring (bicyclic) bond motifs is 1. The van der Waals surface area contributed by atoms with Gasteiger partial charge in [-0.25, -0.2) is 9.78 Å². The third kappa shape index (κ3) is 4.08. The monoisotopic (exact) mass is 439 g/mol. The van der Waals surface area contributed by atoms with Crippen LogP contribution in [0.2, 0.25) is 0 Å². The molecule has 0 saturated carbocycles. The summed E-state index contributed by atoms with van der Waals surface area (Å²) in [6.07, 6.45) is 1.56. The molecule has 7 heteroatoms. The number of benzene rings is 2. The van der Waals surface area contributed by atoms with E-state index in [-0.39, 0.29) is 0 Å². The van der Waals surface area contributed by atoms with Gasteiger partial charge in [0.2, 0.25) is 0 Å². The summed E-state index contributed by atoms with van der Waals surface area (Å²) >= 11 is 0. The number of furan rings is 1. The van der Waals surface area contributed by atoms with Crippen molar-refractivity contribution < 1.29 is 18.7 Å². The molecule has 3 heterocycles. The van der Waals surface area contributed by atoms with Crippen molar-refractivity contribution >= 4 is 17.0 Å². The van der Waals surface area contributed by atoms with E-state index in [1.807, 2.05) is 66.2 Å². The maximum Gasteiger partial charge on any atom is 0.338 e. The second-order valence-electron chi connectivity index (χ2n) is 7.53. The second-order valence-corrected chi connectivity index (χ2v) is 7.53. The van der Waals surface area contributed by atoms with E-state index >= 15 is 0 Å². The Balaban J connectivity index is 1.52. The van der Waals surface area contributed by atoms with Crippen LogP contribution in [-0.2, 0) is 11.3 Å². The molecule has 0 atom stereocenters. The lowest BCUT2D eigenvalue weighted by molar-refractivity contribution is 0.0603. The predicted molar refractivity (Wildman–Crippen MR) is 123 cm³/mol. The minimum absolute atomic E-state index is 0.402. The lowest BCUT2D eigenvalue weighted by atomic mass is 10.1. The van der Waals surface area contributed by atoms with Crippen LogP contribution in [0, 0.1) is 6.92 Å². The molecule has 0 N–H and O–H groups in total. The molecule has 0 aliphatic carbocycles. The summed E-state index contributed by atoms with van der Waals surface area (Å²) < 4.78 is 18.3. The van der Waals surface area contributed by atoms with Crippen molar-refractivity contribution in [1.29, 1.82) is 0 Å². The quantitative estimate of drug-likeness (QED) is 0.319. The number of aromatic nitrogens is 3. The van der Waals surface area contributed by atoms with Gasteiger partial charge in [-0.2, -0.15) is 5.10 Å². The zero-order chi connectivity index (χ0) is 22.8. The topological polar surface area (TPSA) is 79.4 Å². The standard InChI is InChI=1S/C26H21N3O4/c1-17-24-21(26(30)31-2)15-22(23-12-7-13-32-23)27-25(24)28-29(17)16-18-8-6-11-20(14-18)33-19-9-4-3-5-10-19/h3-15H,16H2,1-2H3. The number of methoxy groups -OCH3 is 1. The van der Waals surface area contributed by atoms with Gasteiger partial charge in [0.05, 0.1) is 30.9 Å². The average Bonchev–Trinajstić information content (AvgIpc) is 3.48. The van der Waals surface area contributed by atoms with Crippen LogP contribution in [0.5, 0.6) is 11.5 Å². The van der Waals surface area contributed by atoms with Crippen LogP contribution in [0.4, 0.5) is 0 Å². The highest BCUT2D eigenvalue weighted by Gasteiger charge is 2.21. The van der Waals surface area contributed by atoms with Gasteiger partial charge in [-0.15, -0.1) is 0 Å². The maximum absolute atomic E-state index is 12.6. The van der Waals surface area contributed by atoms with Gasteiger partial charge < -0.3 is 13.9 Å². The number of aryl methyl sites for hydroxylation is 1. The Labute approximate surface area is 190 Å². The Kier molecular flexibility index (Phi) is 5.36. The number of carbonyl (C=O) groups is 1. The molecule has 0 bridgehead atoms. The van der Waals surface area contributed by atoms with E-state index in [4.69, 9.17) is 13.9 Å². The highest BCUT2D eigenvalue weighted by molar-refractivity contribution is 6.04. The lowest BCUT2D eigenvalue weighted by Crippen LogP contribution is -2.05. The Morgan fingerprint density at radius 2 is 1.82 bits per heavy atom. The van der Waals surface area contributed by atoms with Crippen LogP contribution in [0.1, 0.15) is 21.6 Å². The van der Waals surface area contributed by atoms with E-state index in [1.54, 1.807) is 24.5 Å². The van der Waals surface area contributed by atoms with Gasteiger partial charge >= 0.3 is 5.97 Å². The van der Waals surface area contributed by atoms with Gasteiger partial charge in [0.25, 0.3) is 0 Å². The molecule has 0 spiro atoms. The molecule has 7 nitrogen and oxygen atoms in total. The van der Waals surface area contributed by atoms with Crippen molar-refractivity contribution in [2.45, 2.75) is 13.5 Å². The molecule has 5 aromatic rings. The van der Waals surface area contributed by atoms with Gasteiger partial charge in [-0.3, -0.25) is 4.68 Å². The normalized spacial score (nSPS) is 11.0. The van der Waals surface area contributed by atoms with Crippen LogP contribution in [0.25, 0.3) is 22.5 Å². The van der Waals surface area contributed by atoms with Crippen molar-refractivity contribution in [3.05, 3.63) is 95.9 Å². The van der Waals surface area contributed by atoms with Gasteiger partial charge in [0.1, 0.15) is 17.2 Å². The number of hydrogen-bond acceptors (Lipinski definition) is 6. The Morgan fingerprint density at radius 1 is 1.00 bits per heavy atom. The second kappa shape index (κ2) is 8.63. The first-order valence-corrected chi connectivity index (χ1v) is 10.4. The van der Waals surface area contributed by atoms with E-state index in [1.165, 1.54) is 7.11 Å². The van der Waals surface area contributed by atoms with Crippen LogP contribution >= 0.6 is 0 Å². The molecule has 0 saturated heterocycles. The van der Waals surface area contributed by atoms with Crippen molar-refractivity contribution in [2.75, 3.05) is 7.11 Å². The number of hydrogen-bond donors (Lipinski definition) is 0. The fourth-order valence-corrected chi connectivity index (χ4v) is 3.76. The van der Waals surface area contributed by atoms with Gasteiger partial charge in [-0.1, -0.05) is 30.3 Å². The number of ether oxygens (including phenoxy) is 2. The summed E-state index contributed by atoms with van der Waals surface area (Å²) in [4.78, 5) is 17.2. The van der Waals surface area contributed by atoms with Gasteiger partial charge in [-0.05, 0) is 55.0 Å². The first-order chi connectivity index (χ1) is 16.1. The molecule has 5 rings (SSSR count). The highest BCUT2D eigenvalue weighted by Crippen LogP contribution is 2.29. The molecule has 164 valence electrons. The summed E-state index contributed by atoms with van der Waals surface area (Å²) in [6, 6.07) is 22.7. The van der Waals surface area contributed by atoms with Gasteiger partial charge in [0.15, 0.2) is 11.4 Å². The Bertz CT molecular complexity index is 1420. The summed E-state index contributed by atoms with van der Waals surface area (Å²) in [5.41, 5.74) is 3.21. The number of rotatable bonds is 6. The van der Waals surface area contributed by atoms with E-state index in [9.17, 15) is 4.79 Å². The first-order valence-electron chi connectivity index (χ1n) is 10.4. The third-order valence-corrected chi connectivity index (χ3v) is 5.35. The smallest absolute Gasteiger partial charge is 0.338 e. The number of nitrogens with zero attached hydrogens (tertiary/aromatic N) is 3. The molecule has 0 amide bonds. The summed E-state index contributed by atoms with van der Waals surface area (Å²) in [7, 11) is 1.36. The Morgan fingerprint density at radius 3 is 2.58 bits per heavy atom. The lowest BCUT2D eigenvalue weighted by Gasteiger charge is -2.09. The van der Waals surface area contributed by atoms with Crippen molar-refractivity contribution in [3.63, 3.8) is 0 Å². The maximum atomic E-state index is 12.6. The molecule has 2 aromatic carbocycles. The van der Waals surface area contributed by atoms with Crippen molar-refractivity contribution in [1.82, 2.24) is 14.8 Å². The summed E-state index contributed by atoms with van der Waals surface area (Å²) in [5.74, 6) is 1.62. The van der Waals surface area contributed by atoms with E-state index in [0.29, 0.717) is 34.6 Å². The SMILES string of the molecule is COC(=O)c1cc(-c2ccco2)nc2nn(Cc3cccc(Oc4ccccc4)c3)c(C)c12. The summed E-state index contributed by atoms with van der Waals surface area (Å²) in [5, 5.41) is 5.35. The zero-order valence-electron chi connectivity index (χ0n) is 18.2. The van der Waals surface area contributed by atoms with E-state index in [2.05, 4.69) is 10.1 Å². The molecular formula is C26H21N3O4. The third-order valence-electron chi connectivity index (χ3n) is 5.35.